The number of fused-ring (bicyclic) bond motifs is 1. The van der Waals surface area contributed by atoms with E-state index in [-0.39, 0.29) is 36.0 Å². The second-order valence-corrected chi connectivity index (χ2v) is 7.66. The molecular formula is C15H20N2O5S. The quantitative estimate of drug-likeness (QED) is 0.753. The molecule has 7 nitrogen and oxygen atoms in total. The standard InChI is InChI=1S/C15H20N2O5S/c18-8-10-3-1-2-4-12(10)17-23(20,21)11-5-6-14-13(7-11)16-15(19)9-22-14/h5-7,10,12,17-18H,1-4,8-9H2,(H,16,19)/t10-,12-/m0/s1. The van der Waals surface area contributed by atoms with Gasteiger partial charge < -0.3 is 15.2 Å². The predicted molar refractivity (Wildman–Crippen MR) is 83.7 cm³/mol. The smallest absolute Gasteiger partial charge is 0.262 e. The fourth-order valence-electron chi connectivity index (χ4n) is 3.08. The molecule has 2 aliphatic rings. The largest absolute Gasteiger partial charge is 0.482 e. The van der Waals surface area contributed by atoms with E-state index < -0.39 is 10.0 Å². The SMILES string of the molecule is O=C1COc2ccc(S(=O)(=O)N[C@H]3CCCC[C@H]3CO)cc2N1. The van der Waals surface area contributed by atoms with Crippen LogP contribution in [-0.2, 0) is 14.8 Å². The van der Waals surface area contributed by atoms with E-state index in [1.54, 1.807) is 0 Å². The van der Waals surface area contributed by atoms with Crippen LogP contribution in [0.15, 0.2) is 23.1 Å². The van der Waals surface area contributed by atoms with Gasteiger partial charge in [0.25, 0.3) is 5.91 Å². The molecule has 1 amide bonds. The van der Waals surface area contributed by atoms with Crippen molar-refractivity contribution in [1.29, 1.82) is 0 Å². The molecule has 126 valence electrons. The molecule has 1 heterocycles. The van der Waals surface area contributed by atoms with Crippen molar-refractivity contribution in [3.63, 3.8) is 0 Å². The molecule has 23 heavy (non-hydrogen) atoms. The number of nitrogens with one attached hydrogen (secondary N) is 2. The highest BCUT2D eigenvalue weighted by Gasteiger charge is 2.29. The molecule has 2 atom stereocenters. The van der Waals surface area contributed by atoms with Crippen molar-refractivity contribution < 1.29 is 23.1 Å². The zero-order valence-electron chi connectivity index (χ0n) is 12.6. The normalized spacial score (nSPS) is 24.5. The van der Waals surface area contributed by atoms with E-state index in [2.05, 4.69) is 10.0 Å². The van der Waals surface area contributed by atoms with Crippen molar-refractivity contribution in [3.05, 3.63) is 18.2 Å². The first-order chi connectivity index (χ1) is 11.0. The van der Waals surface area contributed by atoms with E-state index in [0.29, 0.717) is 11.4 Å². The third-order valence-corrected chi connectivity index (χ3v) is 5.83. The number of hydrogen-bond acceptors (Lipinski definition) is 5. The van der Waals surface area contributed by atoms with Crippen molar-refractivity contribution >= 4 is 21.6 Å². The minimum atomic E-state index is -3.72. The Hall–Kier alpha value is -1.64. The van der Waals surface area contributed by atoms with E-state index in [0.717, 1.165) is 25.7 Å². The highest BCUT2D eigenvalue weighted by atomic mass is 32.2. The second-order valence-electron chi connectivity index (χ2n) is 5.95. The molecule has 1 aliphatic heterocycles. The Kier molecular flexibility index (Phi) is 4.56. The van der Waals surface area contributed by atoms with Gasteiger partial charge in [-0.3, -0.25) is 4.79 Å². The van der Waals surface area contributed by atoms with Crippen molar-refractivity contribution in [3.8, 4) is 5.75 Å². The Morgan fingerprint density at radius 3 is 2.87 bits per heavy atom. The van der Waals surface area contributed by atoms with Gasteiger partial charge in [-0.1, -0.05) is 12.8 Å². The van der Waals surface area contributed by atoms with Crippen LogP contribution in [0, 0.1) is 5.92 Å². The van der Waals surface area contributed by atoms with Crippen molar-refractivity contribution in [2.24, 2.45) is 5.92 Å². The lowest BCUT2D eigenvalue weighted by Gasteiger charge is -2.30. The van der Waals surface area contributed by atoms with Crippen LogP contribution in [0.1, 0.15) is 25.7 Å². The molecule has 3 rings (SSSR count). The molecule has 1 fully saturated rings. The molecule has 0 radical (unpaired) electrons. The van der Waals surface area contributed by atoms with Gasteiger partial charge in [-0.05, 0) is 37.0 Å². The van der Waals surface area contributed by atoms with Crippen LogP contribution in [0.2, 0.25) is 0 Å². The minimum Gasteiger partial charge on any atom is -0.482 e. The first kappa shape index (κ1) is 16.2. The summed E-state index contributed by atoms with van der Waals surface area (Å²) >= 11 is 0. The van der Waals surface area contributed by atoms with Gasteiger partial charge in [0.1, 0.15) is 5.75 Å². The van der Waals surface area contributed by atoms with Gasteiger partial charge in [-0.25, -0.2) is 13.1 Å². The maximum absolute atomic E-state index is 12.6. The third-order valence-electron chi connectivity index (χ3n) is 4.34. The molecule has 0 spiro atoms. The number of rotatable bonds is 4. The summed E-state index contributed by atoms with van der Waals surface area (Å²) in [4.78, 5) is 11.4. The number of hydrogen-bond donors (Lipinski definition) is 3. The highest BCUT2D eigenvalue weighted by molar-refractivity contribution is 7.89. The van der Waals surface area contributed by atoms with Crippen LogP contribution in [-0.4, -0.2) is 38.7 Å². The van der Waals surface area contributed by atoms with E-state index in [1.165, 1.54) is 18.2 Å². The maximum Gasteiger partial charge on any atom is 0.262 e. The van der Waals surface area contributed by atoms with Crippen LogP contribution < -0.4 is 14.8 Å². The van der Waals surface area contributed by atoms with Crippen LogP contribution in [0.5, 0.6) is 5.75 Å². The first-order valence-corrected chi connectivity index (χ1v) is 9.18. The van der Waals surface area contributed by atoms with Crippen LogP contribution >= 0.6 is 0 Å². The van der Waals surface area contributed by atoms with E-state index >= 15 is 0 Å². The van der Waals surface area contributed by atoms with Crippen molar-refractivity contribution in [1.82, 2.24) is 4.72 Å². The zero-order chi connectivity index (χ0) is 16.4. The van der Waals surface area contributed by atoms with Crippen LogP contribution in [0.4, 0.5) is 5.69 Å². The highest BCUT2D eigenvalue weighted by Crippen LogP contribution is 2.31. The summed E-state index contributed by atoms with van der Waals surface area (Å²) < 4.78 is 33.1. The average molecular weight is 340 g/mol. The lowest BCUT2D eigenvalue weighted by Crippen LogP contribution is -2.43. The topological polar surface area (TPSA) is 105 Å². The summed E-state index contributed by atoms with van der Waals surface area (Å²) in [6, 6.07) is 4.12. The number of aliphatic hydroxyl groups excluding tert-OH is 1. The second kappa shape index (κ2) is 6.46. The predicted octanol–water partition coefficient (Wildman–Crippen LogP) is 0.847. The Morgan fingerprint density at radius 2 is 2.09 bits per heavy atom. The molecule has 1 aliphatic carbocycles. The number of ether oxygens (including phenoxy) is 1. The van der Waals surface area contributed by atoms with Gasteiger partial charge in [0.15, 0.2) is 6.61 Å². The average Bonchev–Trinajstić information content (AvgIpc) is 2.54. The van der Waals surface area contributed by atoms with Crippen LogP contribution in [0.3, 0.4) is 0 Å². The molecule has 0 unspecified atom stereocenters. The number of anilines is 1. The van der Waals surface area contributed by atoms with E-state index in [4.69, 9.17) is 4.74 Å². The number of sulfonamides is 1. The fraction of sp³-hybridized carbons (Fsp3) is 0.533. The monoisotopic (exact) mass is 340 g/mol. The van der Waals surface area contributed by atoms with Gasteiger partial charge in [-0.15, -0.1) is 0 Å². The molecule has 0 aromatic heterocycles. The zero-order valence-corrected chi connectivity index (χ0v) is 13.4. The Bertz CT molecular complexity index is 704. The molecule has 0 bridgehead atoms. The molecule has 1 saturated carbocycles. The number of carbonyl (C=O) groups is 1. The van der Waals surface area contributed by atoms with Gasteiger partial charge >= 0.3 is 0 Å². The van der Waals surface area contributed by atoms with Gasteiger partial charge in [0.05, 0.1) is 10.6 Å². The fourth-order valence-corrected chi connectivity index (χ4v) is 4.44. The molecule has 1 aromatic carbocycles. The van der Waals surface area contributed by atoms with Gasteiger partial charge in [-0.2, -0.15) is 0 Å². The van der Waals surface area contributed by atoms with Gasteiger partial charge in [0.2, 0.25) is 10.0 Å². The summed E-state index contributed by atoms with van der Waals surface area (Å²) in [5.74, 6) is 0.0845. The third kappa shape index (κ3) is 3.49. The first-order valence-electron chi connectivity index (χ1n) is 7.69. The molecule has 0 saturated heterocycles. The number of benzene rings is 1. The molecule has 3 N–H and O–H groups in total. The van der Waals surface area contributed by atoms with E-state index in [9.17, 15) is 18.3 Å². The summed E-state index contributed by atoms with van der Waals surface area (Å²) in [5, 5.41) is 12.0. The Morgan fingerprint density at radius 1 is 1.30 bits per heavy atom. The summed E-state index contributed by atoms with van der Waals surface area (Å²) in [6.07, 6.45) is 3.48. The van der Waals surface area contributed by atoms with E-state index in [1.807, 2.05) is 0 Å². The van der Waals surface area contributed by atoms with Crippen molar-refractivity contribution in [2.45, 2.75) is 36.6 Å². The summed E-state index contributed by atoms with van der Waals surface area (Å²) in [5.41, 5.74) is 0.353. The molecule has 8 heteroatoms. The Labute approximate surface area is 135 Å². The number of amides is 1. The molecular weight excluding hydrogens is 320 g/mol. The number of carbonyl (C=O) groups excluding carboxylic acids is 1. The maximum atomic E-state index is 12.6. The molecule has 1 aromatic rings. The summed E-state index contributed by atoms with van der Waals surface area (Å²) in [6.45, 7) is -0.0983. The lowest BCUT2D eigenvalue weighted by molar-refractivity contribution is -0.118. The minimum absolute atomic E-state index is 0.0265. The number of aliphatic hydroxyl groups is 1. The summed E-state index contributed by atoms with van der Waals surface area (Å²) in [7, 11) is -3.72. The van der Waals surface area contributed by atoms with Gasteiger partial charge in [0, 0.05) is 12.6 Å². The lowest BCUT2D eigenvalue weighted by atomic mass is 9.86. The van der Waals surface area contributed by atoms with Crippen LogP contribution in [0.25, 0.3) is 0 Å². The Balaban J connectivity index is 1.82. The van der Waals surface area contributed by atoms with Crippen molar-refractivity contribution in [2.75, 3.05) is 18.5 Å².